The van der Waals surface area contributed by atoms with Crippen LogP contribution in [0, 0.1) is 6.92 Å². The van der Waals surface area contributed by atoms with Crippen LogP contribution in [0.3, 0.4) is 0 Å². The maximum absolute atomic E-state index is 12.1. The molecule has 0 bridgehead atoms. The van der Waals surface area contributed by atoms with Gasteiger partial charge in [-0.15, -0.1) is 0 Å². The van der Waals surface area contributed by atoms with Gasteiger partial charge in [-0.1, -0.05) is 24.3 Å². The van der Waals surface area contributed by atoms with Crippen molar-refractivity contribution in [2.45, 2.75) is 27.2 Å². The molecule has 0 aliphatic rings. The van der Waals surface area contributed by atoms with Gasteiger partial charge in [0.25, 0.3) is 0 Å². The number of ether oxygens (including phenoxy) is 1. The Balaban J connectivity index is 1.95. The van der Waals surface area contributed by atoms with E-state index in [1.165, 1.54) is 23.1 Å². The Morgan fingerprint density at radius 2 is 2.12 bits per heavy atom. The molecule has 3 aromatic rings. The van der Waals surface area contributed by atoms with E-state index in [2.05, 4.69) is 39.3 Å². The predicted octanol–water partition coefficient (Wildman–Crippen LogP) is 3.88. The average Bonchev–Trinajstić information content (AvgIpc) is 2.96. The quantitative estimate of drug-likeness (QED) is 0.709. The largest absolute Gasteiger partial charge is 0.462 e. The number of rotatable bonds is 5. The minimum atomic E-state index is -0.450. The summed E-state index contributed by atoms with van der Waals surface area (Å²) in [6, 6.07) is 6.22. The Labute approximate surface area is 143 Å². The molecular weight excluding hydrogens is 324 g/mol. The molecule has 6 nitrogen and oxygen atoms in total. The van der Waals surface area contributed by atoms with Crippen LogP contribution in [-0.4, -0.2) is 27.5 Å². The molecule has 124 valence electrons. The molecule has 0 radical (unpaired) electrons. The van der Waals surface area contributed by atoms with E-state index < -0.39 is 5.97 Å². The first-order chi connectivity index (χ1) is 11.6. The Morgan fingerprint density at radius 1 is 1.29 bits per heavy atom. The zero-order chi connectivity index (χ0) is 17.1. The third-order valence-electron chi connectivity index (χ3n) is 3.49. The van der Waals surface area contributed by atoms with Crippen LogP contribution in [0.25, 0.3) is 10.2 Å². The number of fused-ring (bicyclic) bond motifs is 1. The molecule has 7 heteroatoms. The number of aromatic nitrogens is 3. The summed E-state index contributed by atoms with van der Waals surface area (Å²) in [6.07, 6.45) is 2.46. The molecule has 0 amide bonds. The van der Waals surface area contributed by atoms with Gasteiger partial charge in [0.2, 0.25) is 0 Å². The monoisotopic (exact) mass is 342 g/mol. The normalized spacial score (nSPS) is 10.8. The summed E-state index contributed by atoms with van der Waals surface area (Å²) in [5.74, 6) is 0.532. The van der Waals surface area contributed by atoms with E-state index in [0.717, 1.165) is 16.6 Å². The van der Waals surface area contributed by atoms with Gasteiger partial charge in [0.05, 0.1) is 16.8 Å². The fraction of sp³-hybridized carbons (Fsp3) is 0.294. The van der Waals surface area contributed by atoms with Gasteiger partial charge < -0.3 is 10.1 Å². The minimum Gasteiger partial charge on any atom is -0.462 e. The lowest BCUT2D eigenvalue weighted by molar-refractivity contribution is 0.0526. The maximum Gasteiger partial charge on any atom is 0.343 e. The van der Waals surface area contributed by atoms with Gasteiger partial charge in [0.15, 0.2) is 10.9 Å². The van der Waals surface area contributed by atoms with E-state index >= 15 is 0 Å². The number of esters is 1. The lowest BCUT2D eigenvalue weighted by Gasteiger charge is -2.08. The maximum atomic E-state index is 12.1. The Hall–Kier alpha value is -2.54. The second-order valence-electron chi connectivity index (χ2n) is 5.20. The molecular formula is C17H18N4O2S. The highest BCUT2D eigenvalue weighted by Crippen LogP contribution is 2.29. The van der Waals surface area contributed by atoms with Gasteiger partial charge in [0.1, 0.15) is 11.4 Å². The topological polar surface area (TPSA) is 77.0 Å². The molecule has 2 aromatic heterocycles. The van der Waals surface area contributed by atoms with Crippen molar-refractivity contribution in [2.24, 2.45) is 0 Å². The number of nitrogens with zero attached hydrogens (tertiary/aromatic N) is 3. The highest BCUT2D eigenvalue weighted by molar-refractivity contribution is 7.22. The Morgan fingerprint density at radius 3 is 2.88 bits per heavy atom. The van der Waals surface area contributed by atoms with Crippen LogP contribution >= 0.6 is 11.3 Å². The number of nitrogens with one attached hydrogen (secondary N) is 1. The number of hydrogen-bond donors (Lipinski definition) is 1. The molecule has 0 atom stereocenters. The van der Waals surface area contributed by atoms with Gasteiger partial charge in [-0.3, -0.25) is 0 Å². The Bertz CT molecular complexity index is 891. The summed E-state index contributed by atoms with van der Waals surface area (Å²) in [7, 11) is 0. The number of benzene rings is 1. The van der Waals surface area contributed by atoms with Crippen LogP contribution in [0.15, 0.2) is 24.4 Å². The highest BCUT2D eigenvalue weighted by atomic mass is 32.1. The number of carbonyl (C=O) groups is 1. The van der Waals surface area contributed by atoms with Crippen LogP contribution in [0.1, 0.15) is 35.6 Å². The number of thiazole rings is 1. The van der Waals surface area contributed by atoms with Crippen molar-refractivity contribution in [3.63, 3.8) is 0 Å². The molecule has 1 N–H and O–H groups in total. The standard InChI is InChI=1S/C17H18N4O2S/c1-4-11-6-7-13-14(8-11)24-17(20-13)21-15-12(16(22)23-5-2)9-18-10(3)19-15/h6-9H,4-5H2,1-3H3,(H,18,19,20,21). The summed E-state index contributed by atoms with van der Waals surface area (Å²) in [5.41, 5.74) is 2.49. The second kappa shape index (κ2) is 6.92. The molecule has 0 unspecified atom stereocenters. The average molecular weight is 342 g/mol. The van der Waals surface area contributed by atoms with E-state index in [9.17, 15) is 4.79 Å². The SMILES string of the molecule is CCOC(=O)c1cnc(C)nc1Nc1nc2ccc(CC)cc2s1. The predicted molar refractivity (Wildman–Crippen MR) is 95.0 cm³/mol. The minimum absolute atomic E-state index is 0.299. The third kappa shape index (κ3) is 3.35. The smallest absolute Gasteiger partial charge is 0.343 e. The van der Waals surface area contributed by atoms with Crippen LogP contribution in [0.5, 0.6) is 0 Å². The molecule has 0 spiro atoms. The number of anilines is 2. The molecule has 1 aromatic carbocycles. The van der Waals surface area contributed by atoms with Crippen molar-refractivity contribution < 1.29 is 9.53 Å². The van der Waals surface area contributed by atoms with E-state index in [4.69, 9.17) is 4.74 Å². The van der Waals surface area contributed by atoms with Gasteiger partial charge >= 0.3 is 5.97 Å². The molecule has 3 rings (SSSR count). The fourth-order valence-electron chi connectivity index (χ4n) is 2.27. The molecule has 0 aliphatic carbocycles. The fourth-order valence-corrected chi connectivity index (χ4v) is 3.20. The van der Waals surface area contributed by atoms with Gasteiger partial charge in [0, 0.05) is 6.20 Å². The summed E-state index contributed by atoms with van der Waals surface area (Å²) in [4.78, 5) is 25.0. The lowest BCUT2D eigenvalue weighted by Crippen LogP contribution is -2.10. The van der Waals surface area contributed by atoms with Crippen molar-refractivity contribution >= 4 is 38.5 Å². The number of hydrogen-bond acceptors (Lipinski definition) is 7. The zero-order valence-electron chi connectivity index (χ0n) is 13.8. The van der Waals surface area contributed by atoms with Crippen molar-refractivity contribution in [3.8, 4) is 0 Å². The van der Waals surface area contributed by atoms with Crippen molar-refractivity contribution in [2.75, 3.05) is 11.9 Å². The van der Waals surface area contributed by atoms with Crippen molar-refractivity contribution in [3.05, 3.63) is 41.3 Å². The molecule has 24 heavy (non-hydrogen) atoms. The molecule has 0 saturated carbocycles. The van der Waals surface area contributed by atoms with E-state index in [0.29, 0.717) is 28.9 Å². The first-order valence-electron chi connectivity index (χ1n) is 7.78. The molecule has 0 aliphatic heterocycles. The van der Waals surface area contributed by atoms with Crippen molar-refractivity contribution in [1.82, 2.24) is 15.0 Å². The first-order valence-corrected chi connectivity index (χ1v) is 8.59. The highest BCUT2D eigenvalue weighted by Gasteiger charge is 2.16. The third-order valence-corrected chi connectivity index (χ3v) is 4.42. The Kier molecular flexibility index (Phi) is 4.71. The van der Waals surface area contributed by atoms with Crippen LogP contribution in [0.4, 0.5) is 10.9 Å². The van der Waals surface area contributed by atoms with E-state index in [-0.39, 0.29) is 0 Å². The van der Waals surface area contributed by atoms with Gasteiger partial charge in [-0.2, -0.15) is 0 Å². The first kappa shape index (κ1) is 16.3. The summed E-state index contributed by atoms with van der Waals surface area (Å²) >= 11 is 1.53. The van der Waals surface area contributed by atoms with Crippen LogP contribution < -0.4 is 5.32 Å². The lowest BCUT2D eigenvalue weighted by atomic mass is 10.2. The summed E-state index contributed by atoms with van der Waals surface area (Å²) in [6.45, 7) is 5.95. The van der Waals surface area contributed by atoms with Gasteiger partial charge in [-0.05, 0) is 38.0 Å². The number of carbonyl (C=O) groups excluding carboxylic acids is 1. The number of aryl methyl sites for hydroxylation is 2. The summed E-state index contributed by atoms with van der Waals surface area (Å²) in [5, 5.41) is 3.82. The van der Waals surface area contributed by atoms with E-state index in [1.807, 2.05) is 6.07 Å². The molecule has 0 fully saturated rings. The molecule has 0 saturated heterocycles. The van der Waals surface area contributed by atoms with Crippen LogP contribution in [-0.2, 0) is 11.2 Å². The second-order valence-corrected chi connectivity index (χ2v) is 6.23. The zero-order valence-corrected chi connectivity index (χ0v) is 14.6. The summed E-state index contributed by atoms with van der Waals surface area (Å²) < 4.78 is 6.16. The van der Waals surface area contributed by atoms with Crippen LogP contribution in [0.2, 0.25) is 0 Å². The van der Waals surface area contributed by atoms with Gasteiger partial charge in [-0.25, -0.2) is 19.7 Å². The van der Waals surface area contributed by atoms with Crippen molar-refractivity contribution in [1.29, 1.82) is 0 Å². The molecule has 2 heterocycles. The van der Waals surface area contributed by atoms with E-state index in [1.54, 1.807) is 13.8 Å².